The zero-order chi connectivity index (χ0) is 20.3. The van der Waals surface area contributed by atoms with Crippen LogP contribution in [0.2, 0.25) is 0 Å². The van der Waals surface area contributed by atoms with Crippen molar-refractivity contribution in [1.82, 2.24) is 4.57 Å². The number of nitrogens with one attached hydrogen (secondary N) is 1. The zero-order valence-electron chi connectivity index (χ0n) is 16.2. The van der Waals surface area contributed by atoms with Crippen molar-refractivity contribution in [2.45, 2.75) is 26.8 Å². The van der Waals surface area contributed by atoms with Crippen molar-refractivity contribution < 1.29 is 14.6 Å². The average molecular weight is 380 g/mol. The highest BCUT2D eigenvalue weighted by Gasteiger charge is 2.22. The third kappa shape index (κ3) is 3.86. The molecule has 6 heteroatoms. The summed E-state index contributed by atoms with van der Waals surface area (Å²) >= 11 is 0. The lowest BCUT2D eigenvalue weighted by Gasteiger charge is -2.16. The molecule has 2 aromatic carbocycles. The number of para-hydroxylation sites is 1. The first-order chi connectivity index (χ1) is 13.4. The minimum Gasteiger partial charge on any atom is -0.506 e. The molecule has 3 rings (SSSR count). The summed E-state index contributed by atoms with van der Waals surface area (Å²) in [4.78, 5) is 26.0. The summed E-state index contributed by atoms with van der Waals surface area (Å²) in [6.07, 6.45) is 0.783. The molecule has 0 fully saturated rings. The number of aromatic hydroxyl groups is 1. The number of carbonyl (C=O) groups excluding carboxylic acids is 1. The highest BCUT2D eigenvalue weighted by atomic mass is 16.5. The van der Waals surface area contributed by atoms with Gasteiger partial charge in [0, 0.05) is 23.7 Å². The number of hydrogen-bond acceptors (Lipinski definition) is 4. The summed E-state index contributed by atoms with van der Waals surface area (Å²) in [5.41, 5.74) is 0.330. The second-order valence-electron chi connectivity index (χ2n) is 7.07. The molecule has 0 atom stereocenters. The number of ether oxygens (including phenoxy) is 1. The van der Waals surface area contributed by atoms with Gasteiger partial charge in [-0.2, -0.15) is 0 Å². The molecule has 0 aliphatic carbocycles. The molecule has 6 nitrogen and oxygen atoms in total. The van der Waals surface area contributed by atoms with E-state index in [1.165, 1.54) is 7.11 Å². The van der Waals surface area contributed by atoms with Crippen molar-refractivity contribution in [3.05, 3.63) is 64.4 Å². The van der Waals surface area contributed by atoms with E-state index in [-0.39, 0.29) is 11.3 Å². The number of aromatic nitrogens is 1. The number of carbonyl (C=O) groups is 1. The van der Waals surface area contributed by atoms with Crippen LogP contribution in [0.4, 0.5) is 5.69 Å². The van der Waals surface area contributed by atoms with Crippen LogP contribution in [-0.4, -0.2) is 22.7 Å². The Hall–Kier alpha value is -3.28. The van der Waals surface area contributed by atoms with Gasteiger partial charge >= 0.3 is 0 Å². The molecule has 0 radical (unpaired) electrons. The first kappa shape index (κ1) is 19.5. The molecular weight excluding hydrogens is 356 g/mol. The standard InChI is InChI=1S/C22H24N2O4/c1-14(2)11-12-24-18-10-5-4-9-17(18)20(25)19(22(24)27)21(26)23-15-7-6-8-16(13-15)28-3/h4-10,13-14,25H,11-12H2,1-3H3,(H,23,26). The number of rotatable bonds is 6. The summed E-state index contributed by atoms with van der Waals surface area (Å²) in [5, 5.41) is 13.8. The van der Waals surface area contributed by atoms with Crippen LogP contribution in [0.1, 0.15) is 30.6 Å². The summed E-state index contributed by atoms with van der Waals surface area (Å²) in [6.45, 7) is 4.62. The van der Waals surface area contributed by atoms with Gasteiger partial charge in [-0.15, -0.1) is 0 Å². The Labute approximate surface area is 163 Å². The van der Waals surface area contributed by atoms with Gasteiger partial charge in [0.05, 0.1) is 12.6 Å². The van der Waals surface area contributed by atoms with Gasteiger partial charge in [-0.05, 0) is 36.6 Å². The van der Waals surface area contributed by atoms with Gasteiger partial charge in [0.1, 0.15) is 17.1 Å². The van der Waals surface area contributed by atoms with Crippen molar-refractivity contribution >= 4 is 22.5 Å². The first-order valence-electron chi connectivity index (χ1n) is 9.22. The highest BCUT2D eigenvalue weighted by Crippen LogP contribution is 2.27. The van der Waals surface area contributed by atoms with Crippen molar-refractivity contribution in [2.24, 2.45) is 5.92 Å². The van der Waals surface area contributed by atoms with Crippen LogP contribution in [0.3, 0.4) is 0 Å². The third-order valence-electron chi connectivity index (χ3n) is 4.63. The Morgan fingerprint density at radius 2 is 1.93 bits per heavy atom. The van der Waals surface area contributed by atoms with Crippen molar-refractivity contribution in [3.8, 4) is 11.5 Å². The smallest absolute Gasteiger partial charge is 0.267 e. The fourth-order valence-electron chi connectivity index (χ4n) is 3.10. The minimum atomic E-state index is -0.653. The van der Waals surface area contributed by atoms with Gasteiger partial charge in [-0.25, -0.2) is 0 Å². The molecule has 0 saturated carbocycles. The molecule has 1 aromatic heterocycles. The second-order valence-corrected chi connectivity index (χ2v) is 7.07. The maximum Gasteiger partial charge on any atom is 0.267 e. The number of nitrogens with zero attached hydrogens (tertiary/aromatic N) is 1. The number of anilines is 1. The van der Waals surface area contributed by atoms with Gasteiger partial charge in [-0.3, -0.25) is 9.59 Å². The number of benzene rings is 2. The number of amides is 1. The monoisotopic (exact) mass is 380 g/mol. The van der Waals surface area contributed by atoms with Crippen LogP contribution in [0, 0.1) is 5.92 Å². The minimum absolute atomic E-state index is 0.259. The van der Waals surface area contributed by atoms with Gasteiger partial charge in [-0.1, -0.05) is 32.0 Å². The van der Waals surface area contributed by atoms with E-state index in [4.69, 9.17) is 4.74 Å². The molecule has 0 aliphatic rings. The Balaban J connectivity index is 2.09. The fraction of sp³-hybridized carbons (Fsp3) is 0.273. The van der Waals surface area contributed by atoms with Gasteiger partial charge in [0.15, 0.2) is 0 Å². The van der Waals surface area contributed by atoms with Gasteiger partial charge in [0.25, 0.3) is 11.5 Å². The van der Waals surface area contributed by atoms with Crippen molar-refractivity contribution in [3.63, 3.8) is 0 Å². The average Bonchev–Trinajstić information content (AvgIpc) is 2.68. The summed E-state index contributed by atoms with van der Waals surface area (Å²) in [6, 6.07) is 13.9. The van der Waals surface area contributed by atoms with Crippen molar-refractivity contribution in [1.29, 1.82) is 0 Å². The van der Waals surface area contributed by atoms with E-state index in [2.05, 4.69) is 19.2 Å². The lowest BCUT2D eigenvalue weighted by molar-refractivity contribution is 0.102. The molecule has 0 spiro atoms. The Morgan fingerprint density at radius 1 is 1.18 bits per heavy atom. The van der Waals surface area contributed by atoms with E-state index < -0.39 is 11.5 Å². The van der Waals surface area contributed by atoms with Crippen LogP contribution >= 0.6 is 0 Å². The maximum absolute atomic E-state index is 13.1. The number of pyridine rings is 1. The van der Waals surface area contributed by atoms with Gasteiger partial charge in [0.2, 0.25) is 0 Å². The maximum atomic E-state index is 13.1. The molecule has 0 saturated heterocycles. The summed E-state index contributed by atoms with van der Waals surface area (Å²) in [5.74, 6) is 0.0185. The number of aryl methyl sites for hydroxylation is 1. The summed E-state index contributed by atoms with van der Waals surface area (Å²) < 4.78 is 6.72. The molecule has 1 amide bonds. The molecule has 0 unspecified atom stereocenters. The topological polar surface area (TPSA) is 80.6 Å². The third-order valence-corrected chi connectivity index (χ3v) is 4.63. The fourth-order valence-corrected chi connectivity index (χ4v) is 3.10. The van der Waals surface area contributed by atoms with E-state index in [1.54, 1.807) is 47.0 Å². The van der Waals surface area contributed by atoms with Crippen LogP contribution in [-0.2, 0) is 6.54 Å². The van der Waals surface area contributed by atoms with E-state index in [1.807, 2.05) is 6.07 Å². The number of fused-ring (bicyclic) bond motifs is 1. The molecule has 28 heavy (non-hydrogen) atoms. The predicted octanol–water partition coefficient (Wildman–Crippen LogP) is 4.01. The summed E-state index contributed by atoms with van der Waals surface area (Å²) in [7, 11) is 1.53. The van der Waals surface area contributed by atoms with E-state index >= 15 is 0 Å². The Kier molecular flexibility index (Phi) is 5.68. The number of hydrogen-bond donors (Lipinski definition) is 2. The lowest BCUT2D eigenvalue weighted by atomic mass is 10.1. The van der Waals surface area contributed by atoms with Crippen LogP contribution in [0.15, 0.2) is 53.3 Å². The normalized spacial score (nSPS) is 11.0. The van der Waals surface area contributed by atoms with Crippen molar-refractivity contribution in [2.75, 3.05) is 12.4 Å². The molecule has 0 aliphatic heterocycles. The predicted molar refractivity (Wildman–Crippen MR) is 110 cm³/mol. The highest BCUT2D eigenvalue weighted by molar-refractivity contribution is 6.09. The molecule has 1 heterocycles. The quantitative estimate of drug-likeness (QED) is 0.677. The Bertz CT molecular complexity index is 1070. The SMILES string of the molecule is COc1cccc(NC(=O)c2c(O)c3ccccc3n(CCC(C)C)c2=O)c1. The van der Waals surface area contributed by atoms with E-state index in [0.29, 0.717) is 34.8 Å². The van der Waals surface area contributed by atoms with E-state index in [0.717, 1.165) is 6.42 Å². The Morgan fingerprint density at radius 3 is 2.64 bits per heavy atom. The molecule has 2 N–H and O–H groups in total. The van der Waals surface area contributed by atoms with Crippen LogP contribution in [0.25, 0.3) is 10.9 Å². The largest absolute Gasteiger partial charge is 0.506 e. The molecule has 0 bridgehead atoms. The number of methoxy groups -OCH3 is 1. The molecule has 146 valence electrons. The lowest BCUT2D eigenvalue weighted by Crippen LogP contribution is -2.30. The molecule has 3 aromatic rings. The zero-order valence-corrected chi connectivity index (χ0v) is 16.2. The van der Waals surface area contributed by atoms with E-state index in [9.17, 15) is 14.7 Å². The van der Waals surface area contributed by atoms with Gasteiger partial charge < -0.3 is 19.7 Å². The molecular formula is C22H24N2O4. The second kappa shape index (κ2) is 8.17. The first-order valence-corrected chi connectivity index (χ1v) is 9.22. The van der Waals surface area contributed by atoms with Crippen LogP contribution < -0.4 is 15.6 Å². The van der Waals surface area contributed by atoms with Crippen LogP contribution in [0.5, 0.6) is 11.5 Å².